The highest BCUT2D eigenvalue weighted by Gasteiger charge is 2.10. The normalized spacial score (nSPS) is 14.7. The van der Waals surface area contributed by atoms with E-state index in [-0.39, 0.29) is 0 Å². The summed E-state index contributed by atoms with van der Waals surface area (Å²) >= 11 is 0. The minimum Gasteiger partial charge on any atom is -0.299 e. The van der Waals surface area contributed by atoms with E-state index < -0.39 is 0 Å². The number of unbranched alkanes of at least 4 members (excludes halogenated alkanes) is 2. The standard InChI is InChI=1S/C22H42O/c1-6-10-12-20(8-3)15-14-19(5)18-22(23)17-16-21(9-4)13-11-7-2/h14,20-21H,6-13,15-18H2,1-5H3. The van der Waals surface area contributed by atoms with Gasteiger partial charge in [0.05, 0.1) is 0 Å². The van der Waals surface area contributed by atoms with E-state index in [4.69, 9.17) is 0 Å². The van der Waals surface area contributed by atoms with Gasteiger partial charge >= 0.3 is 0 Å². The van der Waals surface area contributed by atoms with Crippen LogP contribution in [0.5, 0.6) is 0 Å². The summed E-state index contributed by atoms with van der Waals surface area (Å²) in [5.74, 6) is 2.00. The summed E-state index contributed by atoms with van der Waals surface area (Å²) in [6.07, 6.45) is 16.3. The highest BCUT2D eigenvalue weighted by atomic mass is 16.1. The van der Waals surface area contributed by atoms with Crippen molar-refractivity contribution in [3.8, 4) is 0 Å². The van der Waals surface area contributed by atoms with E-state index in [9.17, 15) is 4.79 Å². The molecule has 0 heterocycles. The number of rotatable bonds is 15. The highest BCUT2D eigenvalue weighted by Crippen LogP contribution is 2.21. The van der Waals surface area contributed by atoms with Gasteiger partial charge in [-0.05, 0) is 31.6 Å². The van der Waals surface area contributed by atoms with E-state index in [1.165, 1.54) is 56.9 Å². The number of carbonyl (C=O) groups excluding carboxylic acids is 1. The number of hydrogen-bond acceptors (Lipinski definition) is 1. The molecule has 0 aromatic carbocycles. The maximum absolute atomic E-state index is 12.2. The molecule has 0 aromatic heterocycles. The maximum Gasteiger partial charge on any atom is 0.136 e. The first-order valence-electron chi connectivity index (χ1n) is 10.2. The van der Waals surface area contributed by atoms with Crippen LogP contribution in [0.25, 0.3) is 0 Å². The second kappa shape index (κ2) is 15.0. The zero-order valence-corrected chi connectivity index (χ0v) is 16.6. The van der Waals surface area contributed by atoms with Gasteiger partial charge in [-0.3, -0.25) is 4.79 Å². The highest BCUT2D eigenvalue weighted by molar-refractivity contribution is 5.80. The third kappa shape index (κ3) is 12.5. The molecular weight excluding hydrogens is 280 g/mol. The Balaban J connectivity index is 4.09. The number of carbonyl (C=O) groups is 1. The van der Waals surface area contributed by atoms with E-state index in [0.29, 0.717) is 12.2 Å². The first-order valence-corrected chi connectivity index (χ1v) is 10.2. The number of ketones is 1. The molecule has 0 spiro atoms. The Morgan fingerprint density at radius 3 is 1.96 bits per heavy atom. The molecule has 1 nitrogen and oxygen atoms in total. The summed E-state index contributed by atoms with van der Waals surface area (Å²) < 4.78 is 0. The van der Waals surface area contributed by atoms with Crippen LogP contribution in [-0.4, -0.2) is 5.78 Å². The second-order valence-electron chi connectivity index (χ2n) is 7.37. The van der Waals surface area contributed by atoms with Crippen molar-refractivity contribution in [2.24, 2.45) is 11.8 Å². The number of Topliss-reactive ketones (excluding diaryl/α,β-unsaturated/α-hetero) is 1. The summed E-state index contributed by atoms with van der Waals surface area (Å²) in [5, 5.41) is 0. The Labute approximate surface area is 146 Å². The molecule has 0 saturated carbocycles. The molecule has 0 amide bonds. The van der Waals surface area contributed by atoms with Crippen LogP contribution in [0.1, 0.15) is 112 Å². The monoisotopic (exact) mass is 322 g/mol. The van der Waals surface area contributed by atoms with Gasteiger partial charge in [-0.15, -0.1) is 0 Å². The Morgan fingerprint density at radius 2 is 1.43 bits per heavy atom. The molecule has 0 rings (SSSR count). The molecule has 0 aliphatic heterocycles. The van der Waals surface area contributed by atoms with Crippen molar-refractivity contribution in [3.05, 3.63) is 11.6 Å². The van der Waals surface area contributed by atoms with Crippen LogP contribution in [0.4, 0.5) is 0 Å². The van der Waals surface area contributed by atoms with Crippen LogP contribution >= 0.6 is 0 Å². The van der Waals surface area contributed by atoms with E-state index in [1.54, 1.807) is 0 Å². The molecule has 0 fully saturated rings. The average molecular weight is 323 g/mol. The maximum atomic E-state index is 12.2. The van der Waals surface area contributed by atoms with Crippen molar-refractivity contribution in [1.82, 2.24) is 0 Å². The Hall–Kier alpha value is -0.590. The molecule has 1 heteroatoms. The molecule has 0 N–H and O–H groups in total. The summed E-state index contributed by atoms with van der Waals surface area (Å²) in [7, 11) is 0. The van der Waals surface area contributed by atoms with Crippen LogP contribution in [0.2, 0.25) is 0 Å². The van der Waals surface area contributed by atoms with E-state index in [0.717, 1.165) is 31.1 Å². The van der Waals surface area contributed by atoms with E-state index >= 15 is 0 Å². The molecule has 0 aliphatic rings. The summed E-state index contributed by atoms with van der Waals surface area (Å²) in [4.78, 5) is 12.2. The van der Waals surface area contributed by atoms with Crippen molar-refractivity contribution in [2.45, 2.75) is 112 Å². The Bertz CT molecular complexity index is 316. The minimum absolute atomic E-state index is 0.440. The van der Waals surface area contributed by atoms with E-state index in [2.05, 4.69) is 40.7 Å². The Morgan fingerprint density at radius 1 is 0.870 bits per heavy atom. The molecule has 23 heavy (non-hydrogen) atoms. The first kappa shape index (κ1) is 22.4. The van der Waals surface area contributed by atoms with Gasteiger partial charge in [0, 0.05) is 12.8 Å². The predicted molar refractivity (Wildman–Crippen MR) is 104 cm³/mol. The van der Waals surface area contributed by atoms with Gasteiger partial charge in [-0.25, -0.2) is 0 Å². The number of allylic oxidation sites excluding steroid dienone is 2. The van der Waals surface area contributed by atoms with Gasteiger partial charge in [0.1, 0.15) is 5.78 Å². The van der Waals surface area contributed by atoms with Gasteiger partial charge in [0.15, 0.2) is 0 Å². The van der Waals surface area contributed by atoms with Gasteiger partial charge in [-0.2, -0.15) is 0 Å². The predicted octanol–water partition coefficient (Wildman–Crippen LogP) is 7.50. The van der Waals surface area contributed by atoms with Crippen molar-refractivity contribution < 1.29 is 4.79 Å². The quantitative estimate of drug-likeness (QED) is 0.285. The molecule has 0 aromatic rings. The Kier molecular flexibility index (Phi) is 14.6. The molecular formula is C22H42O. The summed E-state index contributed by atoms with van der Waals surface area (Å²) in [6.45, 7) is 11.2. The fourth-order valence-electron chi connectivity index (χ4n) is 3.23. The third-order valence-corrected chi connectivity index (χ3v) is 5.19. The van der Waals surface area contributed by atoms with Crippen molar-refractivity contribution in [3.63, 3.8) is 0 Å². The largest absolute Gasteiger partial charge is 0.299 e. The topological polar surface area (TPSA) is 17.1 Å². The molecule has 0 aliphatic carbocycles. The zero-order valence-electron chi connectivity index (χ0n) is 16.6. The van der Waals surface area contributed by atoms with Crippen molar-refractivity contribution >= 4 is 5.78 Å². The lowest BCUT2D eigenvalue weighted by molar-refractivity contribution is -0.118. The third-order valence-electron chi connectivity index (χ3n) is 5.19. The lowest BCUT2D eigenvalue weighted by Gasteiger charge is -2.14. The van der Waals surface area contributed by atoms with Gasteiger partial charge < -0.3 is 0 Å². The summed E-state index contributed by atoms with van der Waals surface area (Å²) in [6, 6.07) is 0. The van der Waals surface area contributed by atoms with Crippen LogP contribution in [0.15, 0.2) is 11.6 Å². The fraction of sp³-hybridized carbons (Fsp3) is 0.864. The van der Waals surface area contributed by atoms with E-state index in [1.807, 2.05) is 0 Å². The van der Waals surface area contributed by atoms with Gasteiger partial charge in [0.25, 0.3) is 0 Å². The lowest BCUT2D eigenvalue weighted by atomic mass is 9.91. The summed E-state index contributed by atoms with van der Waals surface area (Å²) in [5.41, 5.74) is 1.28. The van der Waals surface area contributed by atoms with Crippen LogP contribution in [0, 0.1) is 11.8 Å². The number of hydrogen-bond donors (Lipinski definition) is 0. The van der Waals surface area contributed by atoms with Crippen LogP contribution < -0.4 is 0 Å². The minimum atomic E-state index is 0.440. The molecule has 2 unspecified atom stereocenters. The SMILES string of the molecule is CCCCC(CC)CC=C(C)CC(=O)CCC(CC)CCCC. The zero-order chi connectivity index (χ0) is 17.5. The van der Waals surface area contributed by atoms with Crippen molar-refractivity contribution in [1.29, 1.82) is 0 Å². The van der Waals surface area contributed by atoms with Gasteiger partial charge in [-0.1, -0.05) is 90.7 Å². The first-order chi connectivity index (χ1) is 11.1. The molecule has 0 bridgehead atoms. The smallest absolute Gasteiger partial charge is 0.136 e. The van der Waals surface area contributed by atoms with Gasteiger partial charge in [0.2, 0.25) is 0 Å². The van der Waals surface area contributed by atoms with Crippen LogP contribution in [0.3, 0.4) is 0 Å². The molecule has 2 atom stereocenters. The lowest BCUT2D eigenvalue weighted by Crippen LogP contribution is -2.05. The van der Waals surface area contributed by atoms with Crippen LogP contribution in [-0.2, 0) is 4.79 Å². The molecule has 0 saturated heterocycles. The second-order valence-corrected chi connectivity index (χ2v) is 7.37. The van der Waals surface area contributed by atoms with Crippen molar-refractivity contribution in [2.75, 3.05) is 0 Å². The molecule has 0 radical (unpaired) electrons. The fourth-order valence-corrected chi connectivity index (χ4v) is 3.23. The molecule has 136 valence electrons. The average Bonchev–Trinajstić information content (AvgIpc) is 2.55.